The lowest BCUT2D eigenvalue weighted by atomic mass is 9.98. The van der Waals surface area contributed by atoms with E-state index in [0.717, 1.165) is 12.1 Å². The van der Waals surface area contributed by atoms with Gasteiger partial charge in [-0.1, -0.05) is 29.8 Å². The van der Waals surface area contributed by atoms with Gasteiger partial charge in [-0.3, -0.25) is 0 Å². The maximum absolute atomic E-state index is 12.7. The quantitative estimate of drug-likeness (QED) is 0.453. The number of pyridine rings is 1. The number of fused-ring (bicyclic) bond motifs is 1. The van der Waals surface area contributed by atoms with Gasteiger partial charge in [-0.05, 0) is 35.2 Å². The Morgan fingerprint density at radius 3 is 2.36 bits per heavy atom. The molecule has 3 rings (SSSR count). The smallest absolute Gasteiger partial charge is 0.416 e. The zero-order valence-corrected chi connectivity index (χ0v) is 13.7. The molecule has 3 aromatic rings. The van der Waals surface area contributed by atoms with Crippen LogP contribution in [0.1, 0.15) is 15.9 Å². The fraction of sp³-hybridized carbons (Fsp3) is 0.111. The minimum absolute atomic E-state index is 0.191. The summed E-state index contributed by atoms with van der Waals surface area (Å²) in [5.74, 6) is -0.516. The number of hydrogen-bond donors (Lipinski definition) is 0. The molecule has 0 atom stereocenters. The van der Waals surface area contributed by atoms with Crippen molar-refractivity contribution in [1.82, 2.24) is 4.98 Å². The lowest BCUT2D eigenvalue weighted by Crippen LogP contribution is -2.04. The molecule has 0 saturated carbocycles. The molecule has 0 N–H and O–H groups in total. The normalized spacial score (nSPS) is 11.6. The average molecular weight is 366 g/mol. The molecule has 128 valence electrons. The molecule has 0 amide bonds. The number of carbonyl (C=O) groups is 1. The van der Waals surface area contributed by atoms with Gasteiger partial charge in [-0.25, -0.2) is 9.78 Å². The summed E-state index contributed by atoms with van der Waals surface area (Å²) in [7, 11) is 1.27. The summed E-state index contributed by atoms with van der Waals surface area (Å²) >= 11 is 6.11. The van der Waals surface area contributed by atoms with Crippen molar-refractivity contribution >= 4 is 28.3 Å². The summed E-state index contributed by atoms with van der Waals surface area (Å²) in [6.45, 7) is 0. The van der Waals surface area contributed by atoms with Crippen LogP contribution in [0.2, 0.25) is 5.15 Å². The fourth-order valence-corrected chi connectivity index (χ4v) is 2.73. The minimum Gasteiger partial charge on any atom is -0.465 e. The SMILES string of the molecule is COC(=O)c1ccc2c(-c3ccc(C(F)(F)F)cc3)cnc(Cl)c2c1. The number of esters is 1. The van der Waals surface area contributed by atoms with Gasteiger partial charge in [0.05, 0.1) is 18.2 Å². The first-order valence-corrected chi connectivity index (χ1v) is 7.53. The molecule has 0 fully saturated rings. The van der Waals surface area contributed by atoms with Crippen molar-refractivity contribution < 1.29 is 22.7 Å². The van der Waals surface area contributed by atoms with E-state index >= 15 is 0 Å². The van der Waals surface area contributed by atoms with Gasteiger partial charge in [-0.15, -0.1) is 0 Å². The number of nitrogens with zero attached hydrogens (tertiary/aromatic N) is 1. The molecule has 0 saturated heterocycles. The second-order valence-corrected chi connectivity index (χ2v) is 5.65. The molecular weight excluding hydrogens is 355 g/mol. The Bertz CT molecular complexity index is 953. The van der Waals surface area contributed by atoms with Crippen molar-refractivity contribution in [2.75, 3.05) is 7.11 Å². The molecule has 0 aliphatic carbocycles. The van der Waals surface area contributed by atoms with Gasteiger partial charge in [-0.2, -0.15) is 13.2 Å². The molecule has 25 heavy (non-hydrogen) atoms. The second-order valence-electron chi connectivity index (χ2n) is 5.29. The zero-order valence-electron chi connectivity index (χ0n) is 12.9. The molecule has 2 aromatic carbocycles. The number of alkyl halides is 3. The number of methoxy groups -OCH3 is 1. The van der Waals surface area contributed by atoms with Crippen LogP contribution in [0.15, 0.2) is 48.7 Å². The van der Waals surface area contributed by atoms with Crippen LogP contribution in [0.3, 0.4) is 0 Å². The Balaban J connectivity index is 2.14. The van der Waals surface area contributed by atoms with Gasteiger partial charge < -0.3 is 4.74 Å². The van der Waals surface area contributed by atoms with Crippen LogP contribution < -0.4 is 0 Å². The number of carbonyl (C=O) groups excluding carboxylic acids is 1. The number of aromatic nitrogens is 1. The zero-order chi connectivity index (χ0) is 18.2. The maximum atomic E-state index is 12.7. The highest BCUT2D eigenvalue weighted by Crippen LogP contribution is 2.35. The van der Waals surface area contributed by atoms with Gasteiger partial charge in [0.15, 0.2) is 0 Å². The monoisotopic (exact) mass is 365 g/mol. The molecule has 1 heterocycles. The Morgan fingerprint density at radius 1 is 1.08 bits per heavy atom. The second kappa shape index (κ2) is 6.37. The van der Waals surface area contributed by atoms with Crippen LogP contribution in [0.4, 0.5) is 13.2 Å². The summed E-state index contributed by atoms with van der Waals surface area (Å²) in [6.07, 6.45) is -2.90. The first-order chi connectivity index (χ1) is 11.8. The van der Waals surface area contributed by atoms with E-state index in [1.54, 1.807) is 18.2 Å². The molecule has 7 heteroatoms. The first kappa shape index (κ1) is 17.2. The first-order valence-electron chi connectivity index (χ1n) is 7.15. The third kappa shape index (κ3) is 3.30. The van der Waals surface area contributed by atoms with E-state index in [1.807, 2.05) is 0 Å². The maximum Gasteiger partial charge on any atom is 0.416 e. The molecule has 0 spiro atoms. The number of ether oxygens (including phenoxy) is 1. The minimum atomic E-state index is -4.39. The van der Waals surface area contributed by atoms with Crippen LogP contribution in [-0.4, -0.2) is 18.1 Å². The number of halogens is 4. The van der Waals surface area contributed by atoms with Crippen molar-refractivity contribution in [2.24, 2.45) is 0 Å². The summed E-state index contributed by atoms with van der Waals surface area (Å²) < 4.78 is 42.8. The van der Waals surface area contributed by atoms with Gasteiger partial charge in [0.25, 0.3) is 0 Å². The molecule has 0 aliphatic heterocycles. The number of rotatable bonds is 2. The molecule has 3 nitrogen and oxygen atoms in total. The highest BCUT2D eigenvalue weighted by molar-refractivity contribution is 6.34. The predicted molar refractivity (Wildman–Crippen MR) is 88.5 cm³/mol. The Kier molecular flexibility index (Phi) is 4.39. The highest BCUT2D eigenvalue weighted by Gasteiger charge is 2.30. The van der Waals surface area contributed by atoms with Crippen LogP contribution in [0.25, 0.3) is 21.9 Å². The van der Waals surface area contributed by atoms with Gasteiger partial charge in [0, 0.05) is 17.1 Å². The van der Waals surface area contributed by atoms with Crippen molar-refractivity contribution in [1.29, 1.82) is 0 Å². The van der Waals surface area contributed by atoms with Gasteiger partial charge >= 0.3 is 12.1 Å². The number of benzene rings is 2. The van der Waals surface area contributed by atoms with E-state index in [-0.39, 0.29) is 5.15 Å². The molecule has 0 radical (unpaired) electrons. The summed E-state index contributed by atoms with van der Waals surface area (Å²) in [5.41, 5.74) is 0.760. The predicted octanol–water partition coefficient (Wildman–Crippen LogP) is 5.36. The highest BCUT2D eigenvalue weighted by atomic mass is 35.5. The summed E-state index contributed by atoms with van der Waals surface area (Å²) in [6, 6.07) is 9.56. The molecule has 1 aromatic heterocycles. The standard InChI is InChI=1S/C18H11ClF3NO2/c1-25-17(24)11-4-7-13-14(8-11)16(19)23-9-15(13)10-2-5-12(6-3-10)18(20,21)22/h2-9H,1H3. The van der Waals surface area contributed by atoms with E-state index in [1.165, 1.54) is 25.4 Å². The lowest BCUT2D eigenvalue weighted by molar-refractivity contribution is -0.137. The van der Waals surface area contributed by atoms with E-state index in [2.05, 4.69) is 9.72 Å². The van der Waals surface area contributed by atoms with Gasteiger partial charge in [0.1, 0.15) is 5.15 Å². The van der Waals surface area contributed by atoms with Gasteiger partial charge in [0.2, 0.25) is 0 Å². The van der Waals surface area contributed by atoms with E-state index in [9.17, 15) is 18.0 Å². The van der Waals surface area contributed by atoms with E-state index in [4.69, 9.17) is 11.6 Å². The van der Waals surface area contributed by atoms with Crippen molar-refractivity contribution in [3.05, 3.63) is 64.9 Å². The van der Waals surface area contributed by atoms with Crippen LogP contribution in [0, 0.1) is 0 Å². The van der Waals surface area contributed by atoms with Crippen molar-refractivity contribution in [2.45, 2.75) is 6.18 Å². The Labute approximate surface area is 146 Å². The fourth-order valence-electron chi connectivity index (χ4n) is 2.52. The summed E-state index contributed by atoms with van der Waals surface area (Å²) in [5, 5.41) is 1.38. The molecular formula is C18H11ClF3NO2. The third-order valence-corrected chi connectivity index (χ3v) is 4.08. The topological polar surface area (TPSA) is 39.2 Å². The lowest BCUT2D eigenvalue weighted by Gasteiger charge is -2.11. The molecule has 0 aliphatic rings. The Morgan fingerprint density at radius 2 is 1.76 bits per heavy atom. The van der Waals surface area contributed by atoms with Crippen LogP contribution in [-0.2, 0) is 10.9 Å². The van der Waals surface area contributed by atoms with Crippen molar-refractivity contribution in [3.63, 3.8) is 0 Å². The Hall–Kier alpha value is -2.60. The molecule has 0 bridgehead atoms. The van der Waals surface area contributed by atoms with Crippen LogP contribution >= 0.6 is 11.6 Å². The third-order valence-electron chi connectivity index (χ3n) is 3.78. The summed E-state index contributed by atoms with van der Waals surface area (Å²) in [4.78, 5) is 15.7. The van der Waals surface area contributed by atoms with Crippen LogP contribution in [0.5, 0.6) is 0 Å². The number of hydrogen-bond acceptors (Lipinski definition) is 3. The largest absolute Gasteiger partial charge is 0.465 e. The molecule has 0 unspecified atom stereocenters. The average Bonchev–Trinajstić information content (AvgIpc) is 2.60. The van der Waals surface area contributed by atoms with E-state index in [0.29, 0.717) is 27.5 Å². The van der Waals surface area contributed by atoms with E-state index < -0.39 is 17.7 Å². The van der Waals surface area contributed by atoms with Crippen molar-refractivity contribution in [3.8, 4) is 11.1 Å².